The number of carbonyl (C=O) groups excluding carboxylic acids is 1. The standard InChI is InChI=1S/C22H20N4O4/c1-30-19-10-12(6-7-17(19)28)21-20-15(25-22-23-11-24-26(21)22)8-13(9-18(20)29)14-4-2-3-5-16(14)27/h2-7,10-11,13,21,27-28H,8-9H2,1H3,(H,23,24,25)/t13-,21+/m0/s1. The maximum atomic E-state index is 13.3. The van der Waals surface area contributed by atoms with Gasteiger partial charge in [0, 0.05) is 23.6 Å². The summed E-state index contributed by atoms with van der Waals surface area (Å²) in [7, 11) is 1.48. The number of fused-ring (bicyclic) bond motifs is 1. The number of anilines is 1. The molecule has 3 N–H and O–H groups in total. The van der Waals surface area contributed by atoms with E-state index in [4.69, 9.17) is 4.74 Å². The summed E-state index contributed by atoms with van der Waals surface area (Å²) in [6.45, 7) is 0. The number of rotatable bonds is 3. The maximum absolute atomic E-state index is 13.3. The molecule has 5 rings (SSSR count). The number of nitrogens with one attached hydrogen (secondary N) is 1. The highest BCUT2D eigenvalue weighted by Gasteiger charge is 2.39. The maximum Gasteiger partial charge on any atom is 0.226 e. The first-order chi connectivity index (χ1) is 14.6. The molecule has 2 aliphatic rings. The van der Waals surface area contributed by atoms with Crippen LogP contribution < -0.4 is 10.1 Å². The third-order valence-corrected chi connectivity index (χ3v) is 5.76. The van der Waals surface area contributed by atoms with Gasteiger partial charge in [0.05, 0.1) is 7.11 Å². The first-order valence-corrected chi connectivity index (χ1v) is 9.64. The van der Waals surface area contributed by atoms with Crippen molar-refractivity contribution in [2.75, 3.05) is 12.4 Å². The minimum atomic E-state index is -0.480. The molecule has 30 heavy (non-hydrogen) atoms. The molecule has 0 fully saturated rings. The summed E-state index contributed by atoms with van der Waals surface area (Å²) in [5.74, 6) is 0.933. The van der Waals surface area contributed by atoms with Gasteiger partial charge < -0.3 is 20.3 Å². The number of ether oxygens (including phenoxy) is 1. The number of ketones is 1. The minimum absolute atomic E-state index is 0.0183. The summed E-state index contributed by atoms with van der Waals surface area (Å²) >= 11 is 0. The van der Waals surface area contributed by atoms with Crippen molar-refractivity contribution < 1.29 is 19.7 Å². The van der Waals surface area contributed by atoms with E-state index in [1.54, 1.807) is 35.0 Å². The summed E-state index contributed by atoms with van der Waals surface area (Å²) in [5, 5.41) is 27.8. The van der Waals surface area contributed by atoms with Crippen LogP contribution in [0.15, 0.2) is 60.1 Å². The molecule has 8 nitrogen and oxygen atoms in total. The molecule has 2 heterocycles. The molecule has 1 aromatic heterocycles. The highest BCUT2D eigenvalue weighted by molar-refractivity contribution is 6.00. The number of phenolic OH excluding ortho intramolecular Hbond substituents is 2. The van der Waals surface area contributed by atoms with Crippen LogP contribution in [0.25, 0.3) is 0 Å². The predicted molar refractivity (Wildman–Crippen MR) is 109 cm³/mol. The first-order valence-electron chi connectivity index (χ1n) is 9.64. The summed E-state index contributed by atoms with van der Waals surface area (Å²) in [4.78, 5) is 17.6. The monoisotopic (exact) mass is 404 g/mol. The van der Waals surface area contributed by atoms with Crippen LogP contribution in [0.4, 0.5) is 5.95 Å². The number of carbonyl (C=O) groups is 1. The van der Waals surface area contributed by atoms with E-state index in [0.29, 0.717) is 23.7 Å². The lowest BCUT2D eigenvalue weighted by Crippen LogP contribution is -2.33. The van der Waals surface area contributed by atoms with Gasteiger partial charge in [-0.3, -0.25) is 4.79 Å². The second kappa shape index (κ2) is 6.91. The van der Waals surface area contributed by atoms with Crippen molar-refractivity contribution in [1.82, 2.24) is 14.8 Å². The molecule has 2 atom stereocenters. The fraction of sp³-hybridized carbons (Fsp3) is 0.227. The van der Waals surface area contributed by atoms with Crippen LogP contribution >= 0.6 is 0 Å². The Morgan fingerprint density at radius 2 is 1.97 bits per heavy atom. The Labute approximate surface area is 172 Å². The van der Waals surface area contributed by atoms with Gasteiger partial charge in [0.25, 0.3) is 0 Å². The van der Waals surface area contributed by atoms with Gasteiger partial charge in [-0.05, 0) is 35.7 Å². The van der Waals surface area contributed by atoms with Crippen LogP contribution in [0.2, 0.25) is 0 Å². The Kier molecular flexibility index (Phi) is 4.20. The number of hydrogen-bond acceptors (Lipinski definition) is 7. The zero-order chi connectivity index (χ0) is 20.8. The van der Waals surface area contributed by atoms with Gasteiger partial charge in [0.1, 0.15) is 18.1 Å². The predicted octanol–water partition coefficient (Wildman–Crippen LogP) is 3.11. The zero-order valence-corrected chi connectivity index (χ0v) is 16.2. The van der Waals surface area contributed by atoms with Gasteiger partial charge >= 0.3 is 0 Å². The van der Waals surface area contributed by atoms with Gasteiger partial charge in [0.2, 0.25) is 5.95 Å². The molecule has 0 bridgehead atoms. The zero-order valence-electron chi connectivity index (χ0n) is 16.2. The molecular formula is C22H20N4O4. The van der Waals surface area contributed by atoms with Gasteiger partial charge in [-0.2, -0.15) is 10.1 Å². The number of allylic oxidation sites excluding steroid dienone is 2. The van der Waals surface area contributed by atoms with Crippen molar-refractivity contribution in [3.8, 4) is 17.2 Å². The number of Topliss-reactive ketones (excluding diaryl/α,β-unsaturated/α-hetero) is 1. The number of aromatic hydroxyl groups is 2. The SMILES string of the molecule is COc1cc([C@@H]2C3=C(C[C@H](c4ccccc4O)CC3=O)Nc3ncnn32)ccc1O. The number of hydrogen-bond donors (Lipinski definition) is 3. The second-order valence-corrected chi connectivity index (χ2v) is 7.47. The number of benzene rings is 2. The van der Waals surface area contributed by atoms with E-state index in [-0.39, 0.29) is 29.6 Å². The van der Waals surface area contributed by atoms with E-state index in [0.717, 1.165) is 16.8 Å². The van der Waals surface area contributed by atoms with Crippen molar-refractivity contribution >= 4 is 11.7 Å². The molecule has 1 aliphatic heterocycles. The van der Waals surface area contributed by atoms with Crippen molar-refractivity contribution in [3.63, 3.8) is 0 Å². The highest BCUT2D eigenvalue weighted by Crippen LogP contribution is 2.46. The fourth-order valence-electron chi connectivity index (χ4n) is 4.38. The molecule has 8 heteroatoms. The fourth-order valence-corrected chi connectivity index (χ4v) is 4.38. The Balaban J connectivity index is 1.62. The lowest BCUT2D eigenvalue weighted by atomic mass is 9.77. The number of aromatic nitrogens is 3. The van der Waals surface area contributed by atoms with E-state index in [2.05, 4.69) is 15.4 Å². The first kappa shape index (κ1) is 18.2. The molecule has 0 saturated carbocycles. The largest absolute Gasteiger partial charge is 0.508 e. The van der Waals surface area contributed by atoms with Crippen molar-refractivity contribution in [2.24, 2.45) is 0 Å². The number of phenols is 2. The van der Waals surface area contributed by atoms with E-state index < -0.39 is 6.04 Å². The average molecular weight is 404 g/mol. The smallest absolute Gasteiger partial charge is 0.226 e. The Bertz CT molecular complexity index is 1180. The van der Waals surface area contributed by atoms with Gasteiger partial charge in [-0.1, -0.05) is 24.3 Å². The Hall–Kier alpha value is -3.81. The number of nitrogens with zero attached hydrogens (tertiary/aromatic N) is 3. The summed E-state index contributed by atoms with van der Waals surface area (Å²) in [6.07, 6.45) is 2.29. The molecule has 2 aromatic carbocycles. The molecule has 0 radical (unpaired) electrons. The lowest BCUT2D eigenvalue weighted by Gasteiger charge is -2.35. The van der Waals surface area contributed by atoms with E-state index in [1.807, 2.05) is 12.1 Å². The Morgan fingerprint density at radius 3 is 2.77 bits per heavy atom. The van der Waals surface area contributed by atoms with Gasteiger partial charge in [0.15, 0.2) is 17.3 Å². The lowest BCUT2D eigenvalue weighted by molar-refractivity contribution is -0.116. The Morgan fingerprint density at radius 1 is 1.13 bits per heavy atom. The quantitative estimate of drug-likeness (QED) is 0.615. The van der Waals surface area contributed by atoms with Crippen LogP contribution in [0.3, 0.4) is 0 Å². The third-order valence-electron chi connectivity index (χ3n) is 5.76. The minimum Gasteiger partial charge on any atom is -0.508 e. The van der Waals surface area contributed by atoms with Crippen LogP contribution in [0.1, 0.15) is 35.9 Å². The third kappa shape index (κ3) is 2.80. The van der Waals surface area contributed by atoms with Crippen molar-refractivity contribution in [1.29, 1.82) is 0 Å². The van der Waals surface area contributed by atoms with E-state index in [1.165, 1.54) is 13.4 Å². The summed E-state index contributed by atoms with van der Waals surface area (Å²) in [5.41, 5.74) is 2.92. The molecule has 3 aromatic rings. The molecule has 0 spiro atoms. The van der Waals surface area contributed by atoms with Crippen LogP contribution in [-0.2, 0) is 4.79 Å². The topological polar surface area (TPSA) is 110 Å². The van der Waals surface area contributed by atoms with Crippen molar-refractivity contribution in [2.45, 2.75) is 24.8 Å². The summed E-state index contributed by atoms with van der Waals surface area (Å²) in [6, 6.07) is 11.7. The molecular weight excluding hydrogens is 384 g/mol. The van der Waals surface area contributed by atoms with Crippen LogP contribution in [0.5, 0.6) is 17.2 Å². The van der Waals surface area contributed by atoms with E-state index in [9.17, 15) is 15.0 Å². The number of methoxy groups -OCH3 is 1. The molecule has 1 aliphatic carbocycles. The highest BCUT2D eigenvalue weighted by atomic mass is 16.5. The average Bonchev–Trinajstić information content (AvgIpc) is 3.21. The molecule has 152 valence electrons. The molecule has 0 amide bonds. The number of para-hydroxylation sites is 1. The van der Waals surface area contributed by atoms with Crippen LogP contribution in [0, 0.1) is 0 Å². The van der Waals surface area contributed by atoms with Gasteiger partial charge in [-0.25, -0.2) is 4.68 Å². The normalized spacial score (nSPS) is 20.4. The second-order valence-electron chi connectivity index (χ2n) is 7.47. The van der Waals surface area contributed by atoms with Crippen LogP contribution in [-0.4, -0.2) is 37.9 Å². The molecule has 0 saturated heterocycles. The van der Waals surface area contributed by atoms with Crippen molar-refractivity contribution in [3.05, 3.63) is 71.2 Å². The van der Waals surface area contributed by atoms with E-state index >= 15 is 0 Å². The van der Waals surface area contributed by atoms with Gasteiger partial charge in [-0.15, -0.1) is 0 Å². The molecule has 0 unspecified atom stereocenters. The summed E-state index contributed by atoms with van der Waals surface area (Å²) < 4.78 is 6.93.